The Hall–Kier alpha value is -3.39. The summed E-state index contributed by atoms with van der Waals surface area (Å²) in [5.74, 6) is 2.88. The van der Waals surface area contributed by atoms with Crippen molar-refractivity contribution in [1.82, 2.24) is 14.6 Å². The number of thiazole rings is 1. The van der Waals surface area contributed by atoms with Crippen LogP contribution in [0.5, 0.6) is 17.2 Å². The molecule has 4 aromatic rings. The zero-order chi connectivity index (χ0) is 21.1. The van der Waals surface area contributed by atoms with Crippen LogP contribution in [0.1, 0.15) is 17.0 Å². The second-order valence-electron chi connectivity index (χ2n) is 6.56. The summed E-state index contributed by atoms with van der Waals surface area (Å²) in [6.07, 6.45) is 3.07. The summed E-state index contributed by atoms with van der Waals surface area (Å²) >= 11 is 1.32. The topological polar surface area (TPSA) is 75.0 Å². The Morgan fingerprint density at radius 3 is 2.53 bits per heavy atom. The van der Waals surface area contributed by atoms with Crippen LogP contribution in [0.4, 0.5) is 0 Å². The van der Waals surface area contributed by atoms with E-state index in [0.29, 0.717) is 33.9 Å². The molecule has 0 atom stereocenters. The van der Waals surface area contributed by atoms with E-state index in [4.69, 9.17) is 14.2 Å². The van der Waals surface area contributed by atoms with Gasteiger partial charge in [0.15, 0.2) is 5.82 Å². The van der Waals surface area contributed by atoms with Gasteiger partial charge in [-0.3, -0.25) is 4.79 Å². The average Bonchev–Trinajstić information content (AvgIpc) is 3.31. The first kappa shape index (κ1) is 19.9. The van der Waals surface area contributed by atoms with Gasteiger partial charge in [0.25, 0.3) is 5.56 Å². The molecule has 154 valence electrons. The molecule has 2 aromatic heterocycles. The lowest BCUT2D eigenvalue weighted by molar-refractivity contribution is 0.398. The molecular weight excluding hydrogens is 402 g/mol. The van der Waals surface area contributed by atoms with Crippen molar-refractivity contribution in [1.29, 1.82) is 0 Å². The second kappa shape index (κ2) is 8.54. The second-order valence-corrected chi connectivity index (χ2v) is 7.57. The van der Waals surface area contributed by atoms with Gasteiger partial charge < -0.3 is 14.2 Å². The van der Waals surface area contributed by atoms with E-state index in [0.717, 1.165) is 22.6 Å². The van der Waals surface area contributed by atoms with Crippen LogP contribution in [0.2, 0.25) is 0 Å². The van der Waals surface area contributed by atoms with Crippen LogP contribution in [0.3, 0.4) is 0 Å². The molecule has 0 fully saturated rings. The number of fused-ring (bicyclic) bond motifs is 1. The fraction of sp³-hybridized carbons (Fsp3) is 0.227. The van der Waals surface area contributed by atoms with Crippen LogP contribution in [0, 0.1) is 0 Å². The summed E-state index contributed by atoms with van der Waals surface area (Å²) in [7, 11) is 4.88. The van der Waals surface area contributed by atoms with Gasteiger partial charge in [-0.05, 0) is 42.3 Å². The molecule has 0 amide bonds. The van der Waals surface area contributed by atoms with Gasteiger partial charge in [-0.25, -0.2) is 4.98 Å². The van der Waals surface area contributed by atoms with Crippen LogP contribution in [-0.2, 0) is 12.8 Å². The van der Waals surface area contributed by atoms with E-state index in [-0.39, 0.29) is 5.56 Å². The summed E-state index contributed by atoms with van der Waals surface area (Å²) in [6, 6.07) is 13.2. The van der Waals surface area contributed by atoms with Crippen molar-refractivity contribution in [3.05, 3.63) is 74.3 Å². The molecule has 7 nitrogen and oxygen atoms in total. The summed E-state index contributed by atoms with van der Waals surface area (Å²) in [6.45, 7) is 0. The number of aromatic nitrogens is 3. The normalized spacial score (nSPS) is 11.8. The Kier molecular flexibility index (Phi) is 5.67. The third kappa shape index (κ3) is 3.86. The van der Waals surface area contributed by atoms with E-state index >= 15 is 0 Å². The lowest BCUT2D eigenvalue weighted by Gasteiger charge is -2.09. The molecule has 0 saturated carbocycles. The molecule has 0 unspecified atom stereocenters. The van der Waals surface area contributed by atoms with Crippen molar-refractivity contribution >= 4 is 22.4 Å². The number of methoxy groups -OCH3 is 3. The predicted octanol–water partition coefficient (Wildman–Crippen LogP) is 2.51. The average molecular weight is 423 g/mol. The highest BCUT2D eigenvalue weighted by molar-refractivity contribution is 7.15. The molecule has 0 saturated heterocycles. The molecule has 8 heteroatoms. The molecule has 0 spiro atoms. The Labute approximate surface area is 177 Å². The van der Waals surface area contributed by atoms with Crippen molar-refractivity contribution in [2.24, 2.45) is 0 Å². The minimum Gasteiger partial charge on any atom is -0.497 e. The summed E-state index contributed by atoms with van der Waals surface area (Å²) < 4.78 is 18.0. The molecule has 4 rings (SSSR count). The molecule has 2 heterocycles. The number of ether oxygens (including phenoxy) is 3. The Morgan fingerprint density at radius 1 is 1.00 bits per heavy atom. The molecule has 0 radical (unpaired) electrons. The SMILES string of the molecule is COc1ccc(OC)c(CCc2nc3s/c(=C\c4ccccc4OC)c(=O)n3n2)c1. The van der Waals surface area contributed by atoms with Crippen LogP contribution < -0.4 is 24.3 Å². The standard InChI is InChI=1S/C22H21N3O4S/c1-27-16-9-10-18(29-3)15(12-16)8-11-20-23-22-25(24-20)21(26)19(30-22)13-14-6-4-5-7-17(14)28-2/h4-7,9-10,12-13H,8,11H2,1-3H3/b19-13-. The molecule has 2 aromatic carbocycles. The van der Waals surface area contributed by atoms with Crippen LogP contribution in [0.25, 0.3) is 11.0 Å². The van der Waals surface area contributed by atoms with Crippen molar-refractivity contribution in [2.75, 3.05) is 21.3 Å². The maximum atomic E-state index is 12.8. The van der Waals surface area contributed by atoms with Crippen molar-refractivity contribution in [3.63, 3.8) is 0 Å². The zero-order valence-electron chi connectivity index (χ0n) is 16.9. The maximum Gasteiger partial charge on any atom is 0.291 e. The molecule has 0 aliphatic rings. The Morgan fingerprint density at radius 2 is 1.80 bits per heavy atom. The number of hydrogen-bond donors (Lipinski definition) is 0. The lowest BCUT2D eigenvalue weighted by atomic mass is 10.1. The van der Waals surface area contributed by atoms with Gasteiger partial charge in [-0.2, -0.15) is 4.52 Å². The first-order valence-electron chi connectivity index (χ1n) is 9.37. The number of para-hydroxylation sites is 1. The molecule has 0 bridgehead atoms. The van der Waals surface area contributed by atoms with Crippen LogP contribution in [-0.4, -0.2) is 35.9 Å². The quantitative estimate of drug-likeness (QED) is 0.455. The highest BCUT2D eigenvalue weighted by atomic mass is 32.1. The summed E-state index contributed by atoms with van der Waals surface area (Å²) in [5.41, 5.74) is 1.66. The predicted molar refractivity (Wildman–Crippen MR) is 116 cm³/mol. The van der Waals surface area contributed by atoms with Gasteiger partial charge in [-0.15, -0.1) is 5.10 Å². The summed E-state index contributed by atoms with van der Waals surface area (Å²) in [5, 5.41) is 4.41. The molecular formula is C22H21N3O4S. The highest BCUT2D eigenvalue weighted by Crippen LogP contribution is 2.25. The van der Waals surface area contributed by atoms with Gasteiger partial charge in [0.1, 0.15) is 17.2 Å². The molecule has 0 aliphatic heterocycles. The van der Waals surface area contributed by atoms with E-state index in [1.54, 1.807) is 21.3 Å². The Balaban J connectivity index is 1.60. The van der Waals surface area contributed by atoms with E-state index in [2.05, 4.69) is 10.1 Å². The minimum absolute atomic E-state index is 0.182. The van der Waals surface area contributed by atoms with E-state index < -0.39 is 0 Å². The number of rotatable bonds is 7. The van der Waals surface area contributed by atoms with Crippen molar-refractivity contribution in [2.45, 2.75) is 12.8 Å². The number of hydrogen-bond acceptors (Lipinski definition) is 7. The molecule has 0 aliphatic carbocycles. The highest BCUT2D eigenvalue weighted by Gasteiger charge is 2.13. The van der Waals surface area contributed by atoms with Crippen molar-refractivity contribution in [3.8, 4) is 17.2 Å². The molecule has 0 N–H and O–H groups in total. The van der Waals surface area contributed by atoms with Gasteiger partial charge in [-0.1, -0.05) is 29.5 Å². The first-order chi connectivity index (χ1) is 14.6. The monoisotopic (exact) mass is 423 g/mol. The lowest BCUT2D eigenvalue weighted by Crippen LogP contribution is -2.23. The third-order valence-corrected chi connectivity index (χ3v) is 5.72. The fourth-order valence-corrected chi connectivity index (χ4v) is 4.15. The van der Waals surface area contributed by atoms with Gasteiger partial charge in [0, 0.05) is 12.0 Å². The maximum absolute atomic E-state index is 12.8. The van der Waals surface area contributed by atoms with Crippen LogP contribution >= 0.6 is 11.3 Å². The van der Waals surface area contributed by atoms with Gasteiger partial charge in [0.05, 0.1) is 25.9 Å². The number of aryl methyl sites for hydroxylation is 2. The van der Waals surface area contributed by atoms with Gasteiger partial charge >= 0.3 is 0 Å². The number of benzene rings is 2. The summed E-state index contributed by atoms with van der Waals surface area (Å²) in [4.78, 5) is 17.9. The van der Waals surface area contributed by atoms with E-state index in [1.807, 2.05) is 48.5 Å². The minimum atomic E-state index is -0.182. The smallest absolute Gasteiger partial charge is 0.291 e. The largest absolute Gasteiger partial charge is 0.497 e. The Bertz CT molecular complexity index is 1300. The van der Waals surface area contributed by atoms with Gasteiger partial charge in [0.2, 0.25) is 4.96 Å². The van der Waals surface area contributed by atoms with Crippen LogP contribution in [0.15, 0.2) is 47.3 Å². The third-order valence-electron chi connectivity index (χ3n) is 4.76. The first-order valence-corrected chi connectivity index (χ1v) is 10.2. The van der Waals surface area contributed by atoms with E-state index in [9.17, 15) is 4.79 Å². The zero-order valence-corrected chi connectivity index (χ0v) is 17.7. The van der Waals surface area contributed by atoms with E-state index in [1.165, 1.54) is 15.9 Å². The number of nitrogens with zero attached hydrogens (tertiary/aromatic N) is 3. The van der Waals surface area contributed by atoms with Crippen molar-refractivity contribution < 1.29 is 14.2 Å². The fourth-order valence-electron chi connectivity index (χ4n) is 3.23. The molecule has 30 heavy (non-hydrogen) atoms.